The Morgan fingerprint density at radius 1 is 1.07 bits per heavy atom. The van der Waals surface area contributed by atoms with Gasteiger partial charge in [-0.1, -0.05) is 19.3 Å². The minimum atomic E-state index is -0.451. The summed E-state index contributed by atoms with van der Waals surface area (Å²) in [6.07, 6.45) is 5.64. The van der Waals surface area contributed by atoms with Gasteiger partial charge in [0.1, 0.15) is 0 Å². The van der Waals surface area contributed by atoms with E-state index < -0.39 is 5.41 Å². The van der Waals surface area contributed by atoms with Crippen molar-refractivity contribution in [3.05, 3.63) is 0 Å². The van der Waals surface area contributed by atoms with Crippen molar-refractivity contribution in [2.75, 3.05) is 0 Å². The first kappa shape index (κ1) is 11.0. The van der Waals surface area contributed by atoms with E-state index in [-0.39, 0.29) is 18.2 Å². The fourth-order valence-corrected chi connectivity index (χ4v) is 2.21. The Kier molecular flexibility index (Phi) is 3.49. The van der Waals surface area contributed by atoms with Gasteiger partial charge in [-0.05, 0) is 19.3 Å². The molecule has 4 heteroatoms. The van der Waals surface area contributed by atoms with Gasteiger partial charge in [0.2, 0.25) is 11.8 Å². The molecule has 4 N–H and O–H groups in total. The second-order valence-electron chi connectivity index (χ2n) is 4.17. The van der Waals surface area contributed by atoms with Crippen LogP contribution in [0.5, 0.6) is 0 Å². The third-order valence-corrected chi connectivity index (χ3v) is 3.18. The van der Waals surface area contributed by atoms with Crippen LogP contribution in [-0.4, -0.2) is 11.8 Å². The highest BCUT2D eigenvalue weighted by atomic mass is 16.1. The lowest BCUT2D eigenvalue weighted by Crippen LogP contribution is -2.39. The molecule has 0 radical (unpaired) electrons. The van der Waals surface area contributed by atoms with E-state index >= 15 is 0 Å². The summed E-state index contributed by atoms with van der Waals surface area (Å²) in [4.78, 5) is 22.0. The molecule has 0 unspecified atom stereocenters. The summed E-state index contributed by atoms with van der Waals surface area (Å²) >= 11 is 0. The maximum absolute atomic E-state index is 11.4. The molecule has 2 amide bonds. The molecule has 0 atom stereocenters. The summed E-state index contributed by atoms with van der Waals surface area (Å²) in [7, 11) is 0. The number of hydrogen-bond donors (Lipinski definition) is 2. The molecule has 4 nitrogen and oxygen atoms in total. The smallest absolute Gasteiger partial charge is 0.223 e. The van der Waals surface area contributed by atoms with Crippen molar-refractivity contribution in [3.63, 3.8) is 0 Å². The Bertz CT molecular complexity index is 232. The predicted molar refractivity (Wildman–Crippen MR) is 53.1 cm³/mol. The summed E-state index contributed by atoms with van der Waals surface area (Å²) in [5, 5.41) is 0. The van der Waals surface area contributed by atoms with Gasteiger partial charge in [-0.3, -0.25) is 9.59 Å². The zero-order valence-electron chi connectivity index (χ0n) is 8.42. The zero-order chi connectivity index (χ0) is 10.6. The minimum absolute atomic E-state index is 0.265. The molecule has 1 saturated carbocycles. The standard InChI is InChI=1S/C10H18N2O2/c11-8(13)4-7-10(9(12)14)5-2-1-3-6-10/h1-7H2,(H2,11,13)(H2,12,14). The van der Waals surface area contributed by atoms with Crippen molar-refractivity contribution in [1.29, 1.82) is 0 Å². The van der Waals surface area contributed by atoms with Gasteiger partial charge in [-0.15, -0.1) is 0 Å². The Balaban J connectivity index is 2.60. The third kappa shape index (κ3) is 2.47. The topological polar surface area (TPSA) is 86.2 Å². The first-order valence-electron chi connectivity index (χ1n) is 5.15. The number of amides is 2. The van der Waals surface area contributed by atoms with Crippen LogP contribution in [0.4, 0.5) is 0 Å². The molecule has 0 heterocycles. The Morgan fingerprint density at radius 2 is 1.64 bits per heavy atom. The first-order chi connectivity index (χ1) is 6.57. The van der Waals surface area contributed by atoms with Crippen LogP contribution in [0.1, 0.15) is 44.9 Å². The number of carbonyl (C=O) groups is 2. The Hall–Kier alpha value is -1.06. The van der Waals surface area contributed by atoms with E-state index in [1.165, 1.54) is 0 Å². The van der Waals surface area contributed by atoms with Crippen molar-refractivity contribution >= 4 is 11.8 Å². The van der Waals surface area contributed by atoms with E-state index in [0.717, 1.165) is 32.1 Å². The summed E-state index contributed by atoms with van der Waals surface area (Å²) < 4.78 is 0. The lowest BCUT2D eigenvalue weighted by atomic mass is 9.70. The van der Waals surface area contributed by atoms with Gasteiger partial charge in [0.05, 0.1) is 0 Å². The van der Waals surface area contributed by atoms with Crippen LogP contribution in [0.25, 0.3) is 0 Å². The molecule has 0 aromatic carbocycles. The predicted octanol–water partition coefficient (Wildman–Crippen LogP) is 0.688. The minimum Gasteiger partial charge on any atom is -0.370 e. The fourth-order valence-electron chi connectivity index (χ4n) is 2.21. The molecule has 0 aromatic heterocycles. The van der Waals surface area contributed by atoms with Crippen LogP contribution in [0, 0.1) is 5.41 Å². The highest BCUT2D eigenvalue weighted by molar-refractivity contribution is 5.82. The van der Waals surface area contributed by atoms with Gasteiger partial charge < -0.3 is 11.5 Å². The second kappa shape index (κ2) is 4.44. The van der Waals surface area contributed by atoms with Crippen molar-refractivity contribution in [2.24, 2.45) is 16.9 Å². The van der Waals surface area contributed by atoms with Gasteiger partial charge in [-0.2, -0.15) is 0 Å². The third-order valence-electron chi connectivity index (χ3n) is 3.18. The molecule has 0 aromatic rings. The van der Waals surface area contributed by atoms with Crippen molar-refractivity contribution in [2.45, 2.75) is 44.9 Å². The van der Waals surface area contributed by atoms with Gasteiger partial charge in [0.15, 0.2) is 0 Å². The van der Waals surface area contributed by atoms with Gasteiger partial charge in [0, 0.05) is 11.8 Å². The number of nitrogens with two attached hydrogens (primary N) is 2. The summed E-state index contributed by atoms with van der Waals surface area (Å²) in [6, 6.07) is 0. The number of carbonyl (C=O) groups excluding carboxylic acids is 2. The number of primary amides is 2. The van der Waals surface area contributed by atoms with Gasteiger partial charge in [-0.25, -0.2) is 0 Å². The van der Waals surface area contributed by atoms with Crippen LogP contribution >= 0.6 is 0 Å². The average molecular weight is 198 g/mol. The van der Waals surface area contributed by atoms with E-state index in [0.29, 0.717) is 6.42 Å². The fraction of sp³-hybridized carbons (Fsp3) is 0.800. The zero-order valence-corrected chi connectivity index (χ0v) is 8.42. The summed E-state index contributed by atoms with van der Waals surface area (Å²) in [5.41, 5.74) is 10.0. The molecule has 1 fully saturated rings. The second-order valence-corrected chi connectivity index (χ2v) is 4.17. The molecule has 1 aliphatic carbocycles. The molecule has 1 aliphatic rings. The maximum atomic E-state index is 11.4. The molecule has 0 aliphatic heterocycles. The van der Waals surface area contributed by atoms with E-state index in [1.807, 2.05) is 0 Å². The maximum Gasteiger partial charge on any atom is 0.223 e. The number of rotatable bonds is 4. The van der Waals surface area contributed by atoms with E-state index in [9.17, 15) is 9.59 Å². The molecule has 14 heavy (non-hydrogen) atoms. The highest BCUT2D eigenvalue weighted by Gasteiger charge is 2.37. The highest BCUT2D eigenvalue weighted by Crippen LogP contribution is 2.39. The molecule has 0 spiro atoms. The SMILES string of the molecule is NC(=O)CCC1(C(N)=O)CCCCC1. The van der Waals surface area contributed by atoms with Crippen molar-refractivity contribution in [1.82, 2.24) is 0 Å². The first-order valence-corrected chi connectivity index (χ1v) is 5.15. The van der Waals surface area contributed by atoms with Crippen LogP contribution in [0.3, 0.4) is 0 Å². The quantitative estimate of drug-likeness (QED) is 0.696. The van der Waals surface area contributed by atoms with E-state index in [2.05, 4.69) is 0 Å². The van der Waals surface area contributed by atoms with E-state index in [4.69, 9.17) is 11.5 Å². The van der Waals surface area contributed by atoms with Crippen LogP contribution in [-0.2, 0) is 9.59 Å². The molecule has 80 valence electrons. The Morgan fingerprint density at radius 3 is 2.07 bits per heavy atom. The number of hydrogen-bond acceptors (Lipinski definition) is 2. The van der Waals surface area contributed by atoms with Crippen molar-refractivity contribution in [3.8, 4) is 0 Å². The molecule has 0 saturated heterocycles. The van der Waals surface area contributed by atoms with E-state index in [1.54, 1.807) is 0 Å². The summed E-state index contributed by atoms with van der Waals surface area (Å²) in [5.74, 6) is -0.616. The van der Waals surface area contributed by atoms with Gasteiger partial charge >= 0.3 is 0 Å². The van der Waals surface area contributed by atoms with Gasteiger partial charge in [0.25, 0.3) is 0 Å². The van der Waals surface area contributed by atoms with Crippen LogP contribution < -0.4 is 11.5 Å². The Labute approximate surface area is 84.0 Å². The largest absolute Gasteiger partial charge is 0.370 e. The van der Waals surface area contributed by atoms with Crippen LogP contribution in [0.2, 0.25) is 0 Å². The van der Waals surface area contributed by atoms with Crippen LogP contribution in [0.15, 0.2) is 0 Å². The monoisotopic (exact) mass is 198 g/mol. The molecule has 1 rings (SSSR count). The summed E-state index contributed by atoms with van der Waals surface area (Å²) in [6.45, 7) is 0. The lowest BCUT2D eigenvalue weighted by molar-refractivity contribution is -0.130. The molecule has 0 bridgehead atoms. The average Bonchev–Trinajstić information content (AvgIpc) is 2.16. The lowest BCUT2D eigenvalue weighted by Gasteiger charge is -2.33. The van der Waals surface area contributed by atoms with Crippen molar-refractivity contribution < 1.29 is 9.59 Å². The normalized spacial score (nSPS) is 20.3. The molecular formula is C10H18N2O2. The molecular weight excluding hydrogens is 180 g/mol.